The Labute approximate surface area is 172 Å². The second kappa shape index (κ2) is 8.22. The number of rotatable bonds is 2. The fourth-order valence-electron chi connectivity index (χ4n) is 3.77. The van der Waals surface area contributed by atoms with E-state index in [1.54, 1.807) is 14.2 Å². The van der Waals surface area contributed by atoms with Crippen molar-refractivity contribution in [1.82, 2.24) is 0 Å². The maximum atomic E-state index is 5.60. The minimum atomic E-state index is 0. The summed E-state index contributed by atoms with van der Waals surface area (Å²) in [7, 11) is 3.34. The molecular weight excluding hydrogens is 430 g/mol. The second-order valence-corrected chi connectivity index (χ2v) is 6.27. The molecule has 0 saturated heterocycles. The molecule has 0 amide bonds. The minimum Gasteiger partial charge on any atom is -1.00 e. The van der Waals surface area contributed by atoms with Crippen LogP contribution in [0.1, 0.15) is 5.56 Å². The van der Waals surface area contributed by atoms with Crippen LogP contribution < -0.4 is 40.5 Å². The van der Waals surface area contributed by atoms with Gasteiger partial charge in [0.25, 0.3) is 0 Å². The van der Waals surface area contributed by atoms with Crippen LogP contribution in [0, 0.1) is 0 Å². The average Bonchev–Trinajstić information content (AvgIpc) is 3.11. The molecule has 0 spiro atoms. The lowest BCUT2D eigenvalue weighted by molar-refractivity contribution is -0.686. The van der Waals surface area contributed by atoms with Crippen LogP contribution in [0.25, 0.3) is 22.0 Å². The number of benzene rings is 2. The highest BCUT2D eigenvalue weighted by molar-refractivity contribution is 5.91. The summed E-state index contributed by atoms with van der Waals surface area (Å²) in [6, 6.07) is 10.4. The number of nitrogens with zero attached hydrogens (tertiary/aromatic N) is 1. The Kier molecular flexibility index (Phi) is 6.38. The van der Waals surface area contributed by atoms with Crippen LogP contribution in [-0.4, -0.2) is 32.0 Å². The molecule has 0 unspecified atom stereocenters. The summed E-state index contributed by atoms with van der Waals surface area (Å²) in [5.41, 5.74) is 3.68. The van der Waals surface area contributed by atoms with Gasteiger partial charge in [0, 0.05) is 12.5 Å². The third-order valence-corrected chi connectivity index (χ3v) is 5.00. The highest BCUT2D eigenvalue weighted by Gasteiger charge is 2.28. The lowest BCUT2D eigenvalue weighted by Crippen LogP contribution is -3.00. The fourth-order valence-corrected chi connectivity index (χ4v) is 3.77. The van der Waals surface area contributed by atoms with Crippen LogP contribution in [0.3, 0.4) is 0 Å². The van der Waals surface area contributed by atoms with E-state index in [0.717, 1.165) is 46.7 Å². The topological polar surface area (TPSA) is 104 Å². The van der Waals surface area contributed by atoms with E-state index in [1.165, 1.54) is 16.8 Å². The van der Waals surface area contributed by atoms with Crippen LogP contribution in [0.4, 0.5) is 0 Å². The fraction of sp³-hybridized carbons (Fsp3) is 0.250. The quantitative estimate of drug-likeness (QED) is 0.440. The number of halogens is 1. The summed E-state index contributed by atoms with van der Waals surface area (Å²) >= 11 is 0. The average molecular weight is 452 g/mol. The Morgan fingerprint density at radius 3 is 2.43 bits per heavy atom. The van der Waals surface area contributed by atoms with Crippen LogP contribution in [0.15, 0.2) is 36.5 Å². The maximum Gasteiger partial charge on any atom is 0.231 e. The van der Waals surface area contributed by atoms with E-state index in [4.69, 9.17) is 18.9 Å². The lowest BCUT2D eigenvalue weighted by Gasteiger charge is -2.17. The third kappa shape index (κ3) is 3.13. The SMILES string of the molecule is COc1ccc2cc3[n+](cc2c1OC)CCc1cc2c(cc1-3)OCO2.O.O.[Br-]. The molecule has 0 aliphatic carbocycles. The van der Waals surface area contributed by atoms with Crippen LogP contribution in [0.5, 0.6) is 23.0 Å². The number of pyridine rings is 1. The summed E-state index contributed by atoms with van der Waals surface area (Å²) in [5, 5.41) is 2.17. The maximum absolute atomic E-state index is 5.60. The first kappa shape index (κ1) is 21.7. The van der Waals surface area contributed by atoms with E-state index in [9.17, 15) is 0 Å². The summed E-state index contributed by atoms with van der Waals surface area (Å²) in [4.78, 5) is 0. The van der Waals surface area contributed by atoms with Crippen molar-refractivity contribution in [3.8, 4) is 34.3 Å². The van der Waals surface area contributed by atoms with E-state index < -0.39 is 0 Å². The monoisotopic (exact) mass is 451 g/mol. The molecular formula is C20H22BrNO6. The van der Waals surface area contributed by atoms with Gasteiger partial charge in [0.2, 0.25) is 12.5 Å². The van der Waals surface area contributed by atoms with Gasteiger partial charge in [-0.3, -0.25) is 0 Å². The zero-order valence-corrected chi connectivity index (χ0v) is 17.1. The van der Waals surface area contributed by atoms with E-state index in [1.807, 2.05) is 6.07 Å². The van der Waals surface area contributed by atoms with E-state index in [-0.39, 0.29) is 27.9 Å². The number of methoxy groups -OCH3 is 2. The molecule has 150 valence electrons. The molecule has 0 fully saturated rings. The number of ether oxygens (including phenoxy) is 4. The van der Waals surface area contributed by atoms with Crippen LogP contribution in [0.2, 0.25) is 0 Å². The predicted octanol–water partition coefficient (Wildman–Crippen LogP) is -1.55. The summed E-state index contributed by atoms with van der Waals surface area (Å²) in [5.74, 6) is 3.18. The van der Waals surface area contributed by atoms with E-state index in [0.29, 0.717) is 6.79 Å². The standard InChI is InChI=1S/C20H18NO4.BrH.2H2O/c1-22-17-4-3-12-7-16-14-9-19-18(24-11-25-19)8-13(14)5-6-21(16)10-15(12)20(17)23-2;;;/h3-4,7-10H,5-6,11H2,1-2H3;1H;2*1H2/q+1;;;/p-1. The van der Waals surface area contributed by atoms with Gasteiger partial charge in [-0.25, -0.2) is 0 Å². The Morgan fingerprint density at radius 2 is 1.71 bits per heavy atom. The molecule has 28 heavy (non-hydrogen) atoms. The molecule has 7 nitrogen and oxygen atoms in total. The van der Waals surface area contributed by atoms with Gasteiger partial charge in [-0.05, 0) is 35.2 Å². The molecule has 0 radical (unpaired) electrons. The Morgan fingerprint density at radius 1 is 0.964 bits per heavy atom. The van der Waals surface area contributed by atoms with Crippen molar-refractivity contribution in [2.24, 2.45) is 0 Å². The molecule has 2 aromatic carbocycles. The predicted molar refractivity (Wildman–Crippen MR) is 99.7 cm³/mol. The lowest BCUT2D eigenvalue weighted by atomic mass is 9.95. The number of hydrogen-bond acceptors (Lipinski definition) is 4. The molecule has 5 rings (SSSR count). The molecule has 3 aromatic rings. The number of hydrogen-bond donors (Lipinski definition) is 0. The molecule has 0 atom stereocenters. The smallest absolute Gasteiger partial charge is 0.231 e. The molecule has 8 heteroatoms. The van der Waals surface area contributed by atoms with Crippen LogP contribution >= 0.6 is 0 Å². The zero-order chi connectivity index (χ0) is 17.0. The number of fused-ring (bicyclic) bond motifs is 5. The highest BCUT2D eigenvalue weighted by atomic mass is 79.9. The van der Waals surface area contributed by atoms with Gasteiger partial charge in [0.15, 0.2) is 35.7 Å². The molecule has 3 heterocycles. The van der Waals surface area contributed by atoms with Gasteiger partial charge in [-0.2, -0.15) is 4.57 Å². The second-order valence-electron chi connectivity index (χ2n) is 6.27. The Balaban J connectivity index is 0.000000934. The molecule has 4 N–H and O–H groups in total. The summed E-state index contributed by atoms with van der Waals surface area (Å²) < 4.78 is 24.4. The van der Waals surface area contributed by atoms with Crippen LogP contribution in [-0.2, 0) is 13.0 Å². The first-order valence-electron chi connectivity index (χ1n) is 8.29. The highest BCUT2D eigenvalue weighted by Crippen LogP contribution is 2.41. The molecule has 2 aliphatic rings. The van der Waals surface area contributed by atoms with E-state index >= 15 is 0 Å². The van der Waals surface area contributed by atoms with Crippen molar-refractivity contribution >= 4 is 10.8 Å². The molecule has 0 bridgehead atoms. The van der Waals surface area contributed by atoms with Gasteiger partial charge in [-0.15, -0.1) is 0 Å². The van der Waals surface area contributed by atoms with Crippen molar-refractivity contribution < 1.29 is 51.4 Å². The third-order valence-electron chi connectivity index (χ3n) is 5.00. The van der Waals surface area contributed by atoms with Gasteiger partial charge in [0.05, 0.1) is 25.2 Å². The zero-order valence-electron chi connectivity index (χ0n) is 15.5. The molecule has 2 aliphatic heterocycles. The first-order chi connectivity index (χ1) is 12.3. The first-order valence-corrected chi connectivity index (χ1v) is 8.29. The number of aryl methyl sites for hydroxylation is 2. The Bertz CT molecular complexity index is 1020. The largest absolute Gasteiger partial charge is 1.00 e. The molecule has 1 aromatic heterocycles. The van der Waals surface area contributed by atoms with Gasteiger partial charge in [0.1, 0.15) is 0 Å². The summed E-state index contributed by atoms with van der Waals surface area (Å²) in [6.07, 6.45) is 3.11. The normalized spacial score (nSPS) is 12.6. The van der Waals surface area contributed by atoms with Crippen molar-refractivity contribution in [2.75, 3.05) is 21.0 Å². The van der Waals surface area contributed by atoms with Gasteiger partial charge < -0.3 is 46.9 Å². The van der Waals surface area contributed by atoms with Crippen molar-refractivity contribution in [2.45, 2.75) is 13.0 Å². The van der Waals surface area contributed by atoms with Gasteiger partial charge in [-0.1, -0.05) is 0 Å². The van der Waals surface area contributed by atoms with Crippen molar-refractivity contribution in [3.63, 3.8) is 0 Å². The Hall–Kier alpha value is -2.55. The van der Waals surface area contributed by atoms with Gasteiger partial charge >= 0.3 is 0 Å². The number of aromatic nitrogens is 1. The summed E-state index contributed by atoms with van der Waals surface area (Å²) in [6.45, 7) is 1.21. The van der Waals surface area contributed by atoms with E-state index in [2.05, 4.69) is 35.0 Å². The molecule has 0 saturated carbocycles. The minimum absolute atomic E-state index is 0. The van der Waals surface area contributed by atoms with Crippen molar-refractivity contribution in [3.05, 3.63) is 42.1 Å². The van der Waals surface area contributed by atoms with Crippen molar-refractivity contribution in [1.29, 1.82) is 0 Å².